The van der Waals surface area contributed by atoms with Gasteiger partial charge in [-0.3, -0.25) is 9.19 Å². The van der Waals surface area contributed by atoms with Gasteiger partial charge in [-0.05, 0) is 18.2 Å². The first kappa shape index (κ1) is 17.1. The maximum absolute atomic E-state index is 14.1. The molecule has 25 heavy (non-hydrogen) atoms. The third kappa shape index (κ3) is 3.67. The molecule has 2 aromatic carbocycles. The van der Waals surface area contributed by atoms with Crippen molar-refractivity contribution < 1.29 is 27.0 Å². The van der Waals surface area contributed by atoms with E-state index in [4.69, 9.17) is 9.47 Å². The smallest absolute Gasteiger partial charge is 0.168 e. The number of hydrogen-bond acceptors (Lipinski definition) is 5. The number of hydrogen-bond donors (Lipinski definition) is 1. The minimum absolute atomic E-state index is 0.263. The summed E-state index contributed by atoms with van der Waals surface area (Å²) in [6.07, 6.45) is 1.46. The fourth-order valence-corrected chi connectivity index (χ4v) is 2.55. The van der Waals surface area contributed by atoms with Gasteiger partial charge in [0, 0.05) is 41.0 Å². The largest absolute Gasteiger partial charge is 0.755 e. The van der Waals surface area contributed by atoms with E-state index < -0.39 is 28.6 Å². The van der Waals surface area contributed by atoms with E-state index in [0.29, 0.717) is 22.7 Å². The topological polar surface area (TPSA) is 83.5 Å². The van der Waals surface area contributed by atoms with E-state index in [2.05, 4.69) is 4.98 Å². The molecular formula is C16H11F2N2O4S-. The quantitative estimate of drug-likeness (QED) is 0.700. The number of nitrogens with one attached hydrogen (secondary N) is 1. The first-order valence-corrected chi connectivity index (χ1v) is 8.01. The lowest BCUT2D eigenvalue weighted by molar-refractivity contribution is 0.415. The highest BCUT2D eigenvalue weighted by Crippen LogP contribution is 2.33. The Balaban J connectivity index is 1.99. The normalized spacial score (nSPS) is 12.0. The van der Waals surface area contributed by atoms with Crippen LogP contribution in [0.4, 0.5) is 14.5 Å². The monoisotopic (exact) mass is 365 g/mol. The number of anilines is 1. The first-order chi connectivity index (χ1) is 12.0. The van der Waals surface area contributed by atoms with Crippen molar-refractivity contribution in [2.75, 3.05) is 11.8 Å². The maximum atomic E-state index is 14.1. The number of fused-ring (bicyclic) bond motifs is 1. The predicted octanol–water partition coefficient (Wildman–Crippen LogP) is 3.52. The summed E-state index contributed by atoms with van der Waals surface area (Å²) in [5, 5.41) is 0.575. The number of aromatic nitrogens is 1. The van der Waals surface area contributed by atoms with Crippen molar-refractivity contribution >= 4 is 27.9 Å². The molecule has 1 aromatic heterocycles. The molecule has 0 bridgehead atoms. The molecule has 0 amide bonds. The molecule has 0 saturated heterocycles. The second-order valence-corrected chi connectivity index (χ2v) is 5.57. The Morgan fingerprint density at radius 1 is 1.12 bits per heavy atom. The number of methoxy groups -OCH3 is 1. The number of pyridine rings is 1. The molecule has 130 valence electrons. The van der Waals surface area contributed by atoms with E-state index in [1.807, 2.05) is 0 Å². The van der Waals surface area contributed by atoms with Gasteiger partial charge in [-0.15, -0.1) is 0 Å². The Labute approximate surface area is 143 Å². The lowest BCUT2D eigenvalue weighted by atomic mass is 10.2. The zero-order valence-corrected chi connectivity index (χ0v) is 13.6. The highest BCUT2D eigenvalue weighted by molar-refractivity contribution is 7.80. The summed E-state index contributed by atoms with van der Waals surface area (Å²) in [4.78, 5) is 4.17. The molecule has 0 spiro atoms. The summed E-state index contributed by atoms with van der Waals surface area (Å²) < 4.78 is 61.5. The number of halogens is 2. The molecule has 6 nitrogen and oxygen atoms in total. The van der Waals surface area contributed by atoms with Crippen molar-refractivity contribution in [3.8, 4) is 17.2 Å². The molecule has 0 aliphatic carbocycles. The number of benzene rings is 2. The lowest BCUT2D eigenvalue weighted by Crippen LogP contribution is -2.05. The Kier molecular flexibility index (Phi) is 4.77. The van der Waals surface area contributed by atoms with Crippen LogP contribution < -0.4 is 14.2 Å². The molecule has 1 atom stereocenters. The van der Waals surface area contributed by atoms with Crippen LogP contribution in [0.15, 0.2) is 42.6 Å². The van der Waals surface area contributed by atoms with Gasteiger partial charge in [0.15, 0.2) is 17.4 Å². The molecule has 1 unspecified atom stereocenters. The molecule has 9 heteroatoms. The van der Waals surface area contributed by atoms with Gasteiger partial charge >= 0.3 is 0 Å². The van der Waals surface area contributed by atoms with Gasteiger partial charge in [-0.1, -0.05) is 0 Å². The third-order valence-electron chi connectivity index (χ3n) is 3.34. The number of ether oxygens (including phenoxy) is 2. The average Bonchev–Trinajstić information content (AvgIpc) is 2.58. The second-order valence-electron chi connectivity index (χ2n) is 4.89. The van der Waals surface area contributed by atoms with Crippen LogP contribution in [-0.4, -0.2) is 20.9 Å². The minimum atomic E-state index is -2.77. The molecule has 0 aliphatic heterocycles. The third-order valence-corrected chi connectivity index (χ3v) is 3.73. The Bertz CT molecular complexity index is 968. The number of nitrogens with zero attached hydrogens (tertiary/aromatic N) is 1. The highest BCUT2D eigenvalue weighted by atomic mass is 32.2. The molecule has 0 fully saturated rings. The van der Waals surface area contributed by atoms with Crippen LogP contribution in [-0.2, 0) is 11.3 Å². The minimum Gasteiger partial charge on any atom is -0.755 e. The highest BCUT2D eigenvalue weighted by Gasteiger charge is 2.14. The van der Waals surface area contributed by atoms with Crippen molar-refractivity contribution in [2.24, 2.45) is 0 Å². The van der Waals surface area contributed by atoms with E-state index in [1.165, 1.54) is 19.4 Å². The molecule has 0 aliphatic rings. The molecule has 3 aromatic rings. The lowest BCUT2D eigenvalue weighted by Gasteiger charge is -2.13. The van der Waals surface area contributed by atoms with Crippen molar-refractivity contribution in [1.82, 2.24) is 4.98 Å². The summed E-state index contributed by atoms with van der Waals surface area (Å²) in [6.45, 7) is 0. The SMILES string of the molecule is COc1ccc2c(Oc3cc(F)c(NS(=O)[O-])cc3F)ccnc2c1. The maximum Gasteiger partial charge on any atom is 0.168 e. The molecule has 0 radical (unpaired) electrons. The van der Waals surface area contributed by atoms with Crippen LogP contribution in [0.25, 0.3) is 10.9 Å². The Morgan fingerprint density at radius 2 is 1.92 bits per heavy atom. The van der Waals surface area contributed by atoms with Crippen molar-refractivity contribution in [3.63, 3.8) is 0 Å². The van der Waals surface area contributed by atoms with Crippen molar-refractivity contribution in [1.29, 1.82) is 0 Å². The van der Waals surface area contributed by atoms with Crippen molar-refractivity contribution in [3.05, 3.63) is 54.2 Å². The zero-order chi connectivity index (χ0) is 18.0. The standard InChI is InChI=1S/C16H12F2N2O4S/c1-23-9-2-3-10-13(6-9)19-5-4-15(10)24-16-8-11(17)14(7-12(16)18)20-25(21)22/h2-8,20H,1H3,(H,21,22)/p-1. The molecule has 3 rings (SSSR count). The van der Waals surface area contributed by atoms with Gasteiger partial charge in [0.1, 0.15) is 11.5 Å². The zero-order valence-electron chi connectivity index (χ0n) is 12.8. The van der Waals surface area contributed by atoms with Crippen LogP contribution in [0, 0.1) is 11.6 Å². The van der Waals surface area contributed by atoms with Crippen LogP contribution in [0.2, 0.25) is 0 Å². The van der Waals surface area contributed by atoms with Crippen LogP contribution in [0.1, 0.15) is 0 Å². The summed E-state index contributed by atoms with van der Waals surface area (Å²) >= 11 is -2.77. The summed E-state index contributed by atoms with van der Waals surface area (Å²) in [5.41, 5.74) is 0.0419. The molecular weight excluding hydrogens is 354 g/mol. The summed E-state index contributed by atoms with van der Waals surface area (Å²) in [6, 6.07) is 8.01. The predicted molar refractivity (Wildman–Crippen MR) is 87.3 cm³/mol. The molecule has 1 N–H and O–H groups in total. The second kappa shape index (κ2) is 6.99. The summed E-state index contributed by atoms with van der Waals surface area (Å²) in [5.74, 6) is -1.43. The van der Waals surface area contributed by atoms with Crippen LogP contribution >= 0.6 is 0 Å². The summed E-state index contributed by atoms with van der Waals surface area (Å²) in [7, 11) is 1.52. The Hall–Kier alpha value is -2.78. The fraction of sp³-hybridized carbons (Fsp3) is 0.0625. The first-order valence-electron chi connectivity index (χ1n) is 6.93. The van der Waals surface area contributed by atoms with Crippen LogP contribution in [0.5, 0.6) is 17.2 Å². The van der Waals surface area contributed by atoms with Crippen molar-refractivity contribution in [2.45, 2.75) is 0 Å². The fourth-order valence-electron chi connectivity index (χ4n) is 2.21. The molecule has 0 saturated carbocycles. The van der Waals surface area contributed by atoms with Crippen LogP contribution in [0.3, 0.4) is 0 Å². The average molecular weight is 365 g/mol. The van der Waals surface area contributed by atoms with Gasteiger partial charge in [-0.25, -0.2) is 8.78 Å². The van der Waals surface area contributed by atoms with E-state index in [0.717, 1.165) is 6.07 Å². The van der Waals surface area contributed by atoms with Gasteiger partial charge in [0.2, 0.25) is 0 Å². The van der Waals surface area contributed by atoms with Gasteiger partial charge in [-0.2, -0.15) is 0 Å². The number of rotatable bonds is 5. The van der Waals surface area contributed by atoms with E-state index in [-0.39, 0.29) is 11.5 Å². The van der Waals surface area contributed by atoms with E-state index in [9.17, 15) is 17.5 Å². The van der Waals surface area contributed by atoms with E-state index >= 15 is 0 Å². The van der Waals surface area contributed by atoms with E-state index in [1.54, 1.807) is 22.9 Å². The van der Waals surface area contributed by atoms with Gasteiger partial charge < -0.3 is 18.7 Å². The van der Waals surface area contributed by atoms with Gasteiger partial charge in [0.25, 0.3) is 0 Å². The molecule has 1 heterocycles. The van der Waals surface area contributed by atoms with Gasteiger partial charge in [0.05, 0.1) is 18.3 Å². The Morgan fingerprint density at radius 3 is 2.64 bits per heavy atom.